The molecule has 7 heteroatoms. The molecule has 1 aliphatic rings. The van der Waals surface area contributed by atoms with Crippen molar-refractivity contribution in [2.24, 2.45) is 0 Å². The van der Waals surface area contributed by atoms with Crippen LogP contribution in [0.2, 0.25) is 0 Å². The van der Waals surface area contributed by atoms with Crippen molar-refractivity contribution in [3.05, 3.63) is 23.7 Å². The number of rotatable bonds is 2. The third-order valence-electron chi connectivity index (χ3n) is 3.73. The third kappa shape index (κ3) is 2.10. The lowest BCUT2D eigenvalue weighted by Crippen LogP contribution is -2.27. The standard InChI is InChI=1S/C14H15ClN4O2/c1-7-4-5-9-13(16-7)19(12(17-9)8(2)15)10-6-11(20)18(3)14(10)21/h4-5,8,10H,6H2,1-3H3. The van der Waals surface area contributed by atoms with Crippen molar-refractivity contribution < 1.29 is 9.59 Å². The Morgan fingerprint density at radius 1 is 1.33 bits per heavy atom. The van der Waals surface area contributed by atoms with Crippen molar-refractivity contribution in [1.29, 1.82) is 0 Å². The maximum absolute atomic E-state index is 12.3. The zero-order valence-corrected chi connectivity index (χ0v) is 12.8. The quantitative estimate of drug-likeness (QED) is 0.628. The monoisotopic (exact) mass is 306 g/mol. The lowest BCUT2D eigenvalue weighted by atomic mass is 10.2. The molecular weight excluding hydrogens is 292 g/mol. The van der Waals surface area contributed by atoms with Crippen LogP contribution in [0.5, 0.6) is 0 Å². The van der Waals surface area contributed by atoms with Crippen LogP contribution in [-0.2, 0) is 9.59 Å². The molecule has 1 saturated heterocycles. The van der Waals surface area contributed by atoms with E-state index in [0.717, 1.165) is 10.6 Å². The average Bonchev–Trinajstić information content (AvgIpc) is 2.91. The number of pyridine rings is 1. The number of fused-ring (bicyclic) bond motifs is 1. The maximum Gasteiger partial charge on any atom is 0.252 e. The van der Waals surface area contributed by atoms with Crippen LogP contribution >= 0.6 is 11.6 Å². The van der Waals surface area contributed by atoms with E-state index < -0.39 is 6.04 Å². The van der Waals surface area contributed by atoms with Crippen LogP contribution in [0.3, 0.4) is 0 Å². The van der Waals surface area contributed by atoms with Gasteiger partial charge in [0, 0.05) is 12.7 Å². The van der Waals surface area contributed by atoms with Gasteiger partial charge in [0.25, 0.3) is 5.91 Å². The molecule has 2 unspecified atom stereocenters. The molecule has 110 valence electrons. The summed E-state index contributed by atoms with van der Waals surface area (Å²) in [6.45, 7) is 3.66. The molecule has 0 bridgehead atoms. The molecule has 2 aromatic rings. The number of likely N-dealkylation sites (N-methyl/N-ethyl adjacent to an activating group) is 1. The molecule has 1 fully saturated rings. The number of aryl methyl sites for hydroxylation is 1. The highest BCUT2D eigenvalue weighted by atomic mass is 35.5. The van der Waals surface area contributed by atoms with E-state index in [4.69, 9.17) is 11.6 Å². The summed E-state index contributed by atoms with van der Waals surface area (Å²) in [5, 5.41) is -0.381. The second-order valence-electron chi connectivity index (χ2n) is 5.26. The van der Waals surface area contributed by atoms with Gasteiger partial charge in [-0.3, -0.25) is 19.1 Å². The van der Waals surface area contributed by atoms with E-state index in [0.29, 0.717) is 17.0 Å². The summed E-state index contributed by atoms with van der Waals surface area (Å²) in [5.74, 6) is 0.111. The Morgan fingerprint density at radius 2 is 2.05 bits per heavy atom. The van der Waals surface area contributed by atoms with E-state index in [2.05, 4.69) is 9.97 Å². The molecule has 0 N–H and O–H groups in total. The molecular formula is C14H15ClN4O2. The number of likely N-dealkylation sites (tertiary alicyclic amines) is 1. The molecule has 3 rings (SSSR count). The minimum absolute atomic E-state index is 0.118. The summed E-state index contributed by atoms with van der Waals surface area (Å²) in [5.41, 5.74) is 2.10. The number of imidazole rings is 1. The number of alkyl halides is 1. The molecule has 1 aliphatic heterocycles. The Morgan fingerprint density at radius 3 is 2.62 bits per heavy atom. The Labute approximate surface area is 126 Å². The number of halogens is 1. The van der Waals surface area contributed by atoms with Crippen molar-refractivity contribution >= 4 is 34.6 Å². The maximum atomic E-state index is 12.3. The summed E-state index contributed by atoms with van der Waals surface area (Å²) in [6, 6.07) is 3.09. The molecule has 0 aromatic carbocycles. The van der Waals surface area contributed by atoms with Crippen LogP contribution in [-0.4, -0.2) is 38.3 Å². The molecule has 21 heavy (non-hydrogen) atoms. The molecule has 3 heterocycles. The Kier molecular flexibility index (Phi) is 3.20. The minimum Gasteiger partial charge on any atom is -0.298 e. The van der Waals surface area contributed by atoms with Crippen LogP contribution in [0.15, 0.2) is 12.1 Å². The lowest BCUT2D eigenvalue weighted by molar-refractivity contribution is -0.137. The van der Waals surface area contributed by atoms with Crippen LogP contribution in [0.1, 0.15) is 36.3 Å². The normalized spacial score (nSPS) is 20.6. The van der Waals surface area contributed by atoms with Crippen molar-refractivity contribution in [2.75, 3.05) is 7.05 Å². The first-order valence-corrected chi connectivity index (χ1v) is 7.13. The Hall–Kier alpha value is -1.95. The Balaban J connectivity index is 2.25. The van der Waals surface area contributed by atoms with Gasteiger partial charge in [-0.1, -0.05) is 0 Å². The average molecular weight is 307 g/mol. The zero-order chi connectivity index (χ0) is 15.3. The van der Waals surface area contributed by atoms with Gasteiger partial charge in [-0.2, -0.15) is 0 Å². The van der Waals surface area contributed by atoms with E-state index in [1.54, 1.807) is 11.5 Å². The van der Waals surface area contributed by atoms with Crippen molar-refractivity contribution in [3.8, 4) is 0 Å². The number of nitrogens with zero attached hydrogens (tertiary/aromatic N) is 4. The number of amides is 2. The SMILES string of the molecule is Cc1ccc2nc(C(C)Cl)n(C3CC(=O)N(C)C3=O)c2n1. The van der Waals surface area contributed by atoms with Crippen LogP contribution in [0.25, 0.3) is 11.2 Å². The topological polar surface area (TPSA) is 68.1 Å². The number of hydrogen-bond donors (Lipinski definition) is 0. The predicted octanol–water partition coefficient (Wildman–Crippen LogP) is 1.97. The van der Waals surface area contributed by atoms with Gasteiger partial charge in [0.05, 0.1) is 11.8 Å². The fraction of sp³-hybridized carbons (Fsp3) is 0.429. The van der Waals surface area contributed by atoms with E-state index in [9.17, 15) is 9.59 Å². The fourth-order valence-corrected chi connectivity index (χ4v) is 2.77. The molecule has 0 aliphatic carbocycles. The minimum atomic E-state index is -0.613. The van der Waals surface area contributed by atoms with Gasteiger partial charge >= 0.3 is 0 Å². The molecule has 2 aromatic heterocycles. The lowest BCUT2D eigenvalue weighted by Gasteiger charge is -2.15. The summed E-state index contributed by atoms with van der Waals surface area (Å²) < 4.78 is 1.71. The fourth-order valence-electron chi connectivity index (χ4n) is 2.61. The Bertz CT molecular complexity index is 753. The number of carbonyl (C=O) groups excluding carboxylic acids is 2. The summed E-state index contributed by atoms with van der Waals surface area (Å²) in [4.78, 5) is 34.2. The highest BCUT2D eigenvalue weighted by Crippen LogP contribution is 2.32. The van der Waals surface area contributed by atoms with E-state index >= 15 is 0 Å². The molecule has 0 radical (unpaired) electrons. The van der Waals surface area contributed by atoms with Crippen molar-refractivity contribution in [1.82, 2.24) is 19.4 Å². The smallest absolute Gasteiger partial charge is 0.252 e. The van der Waals surface area contributed by atoms with E-state index in [1.165, 1.54) is 7.05 Å². The van der Waals surface area contributed by atoms with Crippen molar-refractivity contribution in [2.45, 2.75) is 31.7 Å². The second kappa shape index (κ2) is 4.80. The van der Waals surface area contributed by atoms with Crippen molar-refractivity contribution in [3.63, 3.8) is 0 Å². The van der Waals surface area contributed by atoms with Gasteiger partial charge in [0.1, 0.15) is 17.4 Å². The van der Waals surface area contributed by atoms with Gasteiger partial charge in [0.15, 0.2) is 5.65 Å². The first-order chi connectivity index (χ1) is 9.90. The highest BCUT2D eigenvalue weighted by molar-refractivity contribution is 6.20. The van der Waals surface area contributed by atoms with Gasteiger partial charge in [-0.25, -0.2) is 9.97 Å². The van der Waals surface area contributed by atoms with Gasteiger partial charge in [0.2, 0.25) is 5.91 Å². The van der Waals surface area contributed by atoms with E-state index in [1.807, 2.05) is 19.1 Å². The summed E-state index contributed by atoms with van der Waals surface area (Å²) in [7, 11) is 1.49. The predicted molar refractivity (Wildman–Crippen MR) is 78.0 cm³/mol. The summed E-state index contributed by atoms with van der Waals surface area (Å²) in [6.07, 6.45) is 0.118. The molecule has 6 nitrogen and oxygen atoms in total. The third-order valence-corrected chi connectivity index (χ3v) is 3.92. The van der Waals surface area contributed by atoms with Gasteiger partial charge in [-0.05, 0) is 26.0 Å². The first kappa shape index (κ1) is 14.0. The van der Waals surface area contributed by atoms with Gasteiger partial charge < -0.3 is 0 Å². The molecule has 2 atom stereocenters. The summed E-state index contributed by atoms with van der Waals surface area (Å²) >= 11 is 6.20. The van der Waals surface area contributed by atoms with Crippen LogP contribution in [0.4, 0.5) is 0 Å². The molecule has 0 saturated carbocycles. The van der Waals surface area contributed by atoms with E-state index in [-0.39, 0.29) is 23.6 Å². The number of imide groups is 1. The van der Waals surface area contributed by atoms with Gasteiger partial charge in [-0.15, -0.1) is 11.6 Å². The number of aromatic nitrogens is 3. The second-order valence-corrected chi connectivity index (χ2v) is 5.92. The largest absolute Gasteiger partial charge is 0.298 e. The van der Waals surface area contributed by atoms with Crippen LogP contribution in [0, 0.1) is 6.92 Å². The zero-order valence-electron chi connectivity index (χ0n) is 12.0. The molecule has 0 spiro atoms. The van der Waals surface area contributed by atoms with Crippen LogP contribution < -0.4 is 0 Å². The number of carbonyl (C=O) groups is 2. The molecule has 2 amide bonds. The number of hydrogen-bond acceptors (Lipinski definition) is 4. The highest BCUT2D eigenvalue weighted by Gasteiger charge is 2.39. The first-order valence-electron chi connectivity index (χ1n) is 6.70.